The Morgan fingerprint density at radius 2 is 2.05 bits per heavy atom. The summed E-state index contributed by atoms with van der Waals surface area (Å²) >= 11 is 3.27. The molecular formula is C16H12BrFN4. The molecule has 0 saturated heterocycles. The van der Waals surface area contributed by atoms with Crippen LogP contribution in [0.4, 0.5) is 15.9 Å². The van der Waals surface area contributed by atoms with Gasteiger partial charge in [-0.25, -0.2) is 14.4 Å². The van der Waals surface area contributed by atoms with Crippen LogP contribution in [0.1, 0.15) is 11.3 Å². The molecule has 110 valence electrons. The van der Waals surface area contributed by atoms with E-state index < -0.39 is 0 Å². The van der Waals surface area contributed by atoms with Crippen molar-refractivity contribution in [3.05, 3.63) is 52.3 Å². The first-order valence-corrected chi connectivity index (χ1v) is 7.75. The minimum Gasteiger partial charge on any atom is -0.325 e. The molecule has 0 aliphatic carbocycles. The lowest BCUT2D eigenvalue weighted by molar-refractivity contribution is 0.620. The van der Waals surface area contributed by atoms with Gasteiger partial charge in [-0.1, -0.05) is 0 Å². The van der Waals surface area contributed by atoms with Gasteiger partial charge in [0.2, 0.25) is 0 Å². The molecule has 4 rings (SSSR count). The maximum Gasteiger partial charge on any atom is 0.144 e. The number of rotatable bonds is 1. The molecule has 1 aliphatic rings. The second-order valence-corrected chi connectivity index (χ2v) is 6.19. The zero-order valence-corrected chi connectivity index (χ0v) is 13.4. The highest BCUT2D eigenvalue weighted by atomic mass is 79.9. The number of nitrogens with zero attached hydrogens (tertiary/aromatic N) is 4. The minimum absolute atomic E-state index is 0.229. The third-order valence-corrected chi connectivity index (χ3v) is 4.52. The van der Waals surface area contributed by atoms with Gasteiger partial charge in [0.15, 0.2) is 0 Å². The maximum absolute atomic E-state index is 13.7. The molecule has 0 amide bonds. The van der Waals surface area contributed by atoms with Gasteiger partial charge in [0.25, 0.3) is 0 Å². The SMILES string of the molecule is Cc1cc2c(N3CCc4cc(F)c(Br)cc43)ncnc2cn1. The van der Waals surface area contributed by atoms with Gasteiger partial charge >= 0.3 is 0 Å². The third kappa shape index (κ3) is 2.06. The largest absolute Gasteiger partial charge is 0.325 e. The van der Waals surface area contributed by atoms with Crippen LogP contribution >= 0.6 is 15.9 Å². The fourth-order valence-electron chi connectivity index (χ4n) is 2.87. The van der Waals surface area contributed by atoms with Crippen molar-refractivity contribution in [2.45, 2.75) is 13.3 Å². The molecule has 1 aromatic carbocycles. The van der Waals surface area contributed by atoms with Crippen LogP contribution in [-0.4, -0.2) is 21.5 Å². The number of benzene rings is 1. The number of hydrogen-bond acceptors (Lipinski definition) is 4. The summed E-state index contributed by atoms with van der Waals surface area (Å²) in [5.41, 5.74) is 3.72. The lowest BCUT2D eigenvalue weighted by Crippen LogP contribution is -2.15. The van der Waals surface area contributed by atoms with Gasteiger partial charge in [0.05, 0.1) is 16.2 Å². The van der Waals surface area contributed by atoms with Gasteiger partial charge in [-0.3, -0.25) is 4.98 Å². The van der Waals surface area contributed by atoms with Gasteiger partial charge in [-0.2, -0.15) is 0 Å². The van der Waals surface area contributed by atoms with Gasteiger partial charge in [0.1, 0.15) is 18.0 Å². The van der Waals surface area contributed by atoms with Crippen LogP contribution in [0.2, 0.25) is 0 Å². The molecule has 3 aromatic rings. The molecule has 0 spiro atoms. The van der Waals surface area contributed by atoms with Crippen LogP contribution in [0.5, 0.6) is 0 Å². The highest BCUT2D eigenvalue weighted by Crippen LogP contribution is 2.38. The average Bonchev–Trinajstić information content (AvgIpc) is 2.90. The zero-order chi connectivity index (χ0) is 15.3. The Hall–Kier alpha value is -2.08. The third-order valence-electron chi connectivity index (χ3n) is 3.91. The Labute approximate surface area is 135 Å². The van der Waals surface area contributed by atoms with E-state index in [1.807, 2.05) is 19.1 Å². The van der Waals surface area contributed by atoms with E-state index >= 15 is 0 Å². The summed E-state index contributed by atoms with van der Waals surface area (Å²) < 4.78 is 14.2. The fraction of sp³-hybridized carbons (Fsp3) is 0.188. The van der Waals surface area contributed by atoms with Crippen molar-refractivity contribution in [2.75, 3.05) is 11.4 Å². The summed E-state index contributed by atoms with van der Waals surface area (Å²) in [5, 5.41) is 0.961. The van der Waals surface area contributed by atoms with E-state index in [0.29, 0.717) is 4.47 Å². The Bertz CT molecular complexity index is 897. The number of halogens is 2. The Morgan fingerprint density at radius 1 is 1.18 bits per heavy atom. The maximum atomic E-state index is 13.7. The number of anilines is 2. The first kappa shape index (κ1) is 13.6. The molecule has 0 radical (unpaired) electrons. The summed E-state index contributed by atoms with van der Waals surface area (Å²) in [7, 11) is 0. The molecular weight excluding hydrogens is 347 g/mol. The Kier molecular flexibility index (Phi) is 3.07. The van der Waals surface area contributed by atoms with Crippen LogP contribution in [0.15, 0.2) is 35.2 Å². The van der Waals surface area contributed by atoms with E-state index in [4.69, 9.17) is 0 Å². The van der Waals surface area contributed by atoms with Crippen molar-refractivity contribution in [3.63, 3.8) is 0 Å². The quantitative estimate of drug-likeness (QED) is 0.660. The van der Waals surface area contributed by atoms with Crippen LogP contribution in [-0.2, 0) is 6.42 Å². The minimum atomic E-state index is -0.229. The number of pyridine rings is 1. The second kappa shape index (κ2) is 4.98. The molecule has 0 unspecified atom stereocenters. The van der Waals surface area contributed by atoms with Crippen LogP contribution in [0.25, 0.3) is 10.9 Å². The van der Waals surface area contributed by atoms with Crippen molar-refractivity contribution in [1.29, 1.82) is 0 Å². The van der Waals surface area contributed by atoms with Crippen LogP contribution in [0.3, 0.4) is 0 Å². The number of aromatic nitrogens is 3. The van der Waals surface area contributed by atoms with Gasteiger partial charge < -0.3 is 4.90 Å². The van der Waals surface area contributed by atoms with E-state index in [-0.39, 0.29) is 5.82 Å². The highest BCUT2D eigenvalue weighted by Gasteiger charge is 2.24. The standard InChI is InChI=1S/C16H12BrFN4/c1-9-4-11-14(7-19-9)20-8-21-16(11)22-3-2-10-5-13(18)12(17)6-15(10)22/h4-8H,2-3H2,1H3. The second-order valence-electron chi connectivity index (χ2n) is 5.34. The Morgan fingerprint density at radius 3 is 2.91 bits per heavy atom. The fourth-order valence-corrected chi connectivity index (χ4v) is 3.20. The van der Waals surface area contributed by atoms with Gasteiger partial charge in [-0.05, 0) is 53.0 Å². The van der Waals surface area contributed by atoms with Crippen LogP contribution < -0.4 is 4.90 Å². The first-order chi connectivity index (χ1) is 10.6. The lowest BCUT2D eigenvalue weighted by atomic mass is 10.1. The molecule has 0 saturated carbocycles. The van der Waals surface area contributed by atoms with E-state index in [0.717, 1.165) is 46.6 Å². The zero-order valence-electron chi connectivity index (χ0n) is 11.8. The topological polar surface area (TPSA) is 41.9 Å². The molecule has 6 heteroatoms. The lowest BCUT2D eigenvalue weighted by Gasteiger charge is -2.20. The molecule has 0 atom stereocenters. The van der Waals surface area contributed by atoms with E-state index in [9.17, 15) is 4.39 Å². The molecule has 1 aliphatic heterocycles. The van der Waals surface area contributed by atoms with E-state index in [2.05, 4.69) is 35.8 Å². The number of hydrogen-bond donors (Lipinski definition) is 0. The molecule has 0 bridgehead atoms. The molecule has 4 nitrogen and oxygen atoms in total. The van der Waals surface area contributed by atoms with E-state index in [1.54, 1.807) is 18.6 Å². The highest BCUT2D eigenvalue weighted by molar-refractivity contribution is 9.10. The van der Waals surface area contributed by atoms with Crippen molar-refractivity contribution in [1.82, 2.24) is 15.0 Å². The summed E-state index contributed by atoms with van der Waals surface area (Å²) in [6.07, 6.45) is 4.10. The normalized spacial score (nSPS) is 13.7. The molecule has 0 N–H and O–H groups in total. The average molecular weight is 359 g/mol. The van der Waals surface area contributed by atoms with Crippen molar-refractivity contribution in [3.8, 4) is 0 Å². The predicted octanol–water partition coefficient (Wildman–Crippen LogP) is 3.93. The predicted molar refractivity (Wildman–Crippen MR) is 86.9 cm³/mol. The summed E-state index contributed by atoms with van der Waals surface area (Å²) in [4.78, 5) is 15.1. The molecule has 3 heterocycles. The number of fused-ring (bicyclic) bond motifs is 2. The molecule has 2 aromatic heterocycles. The van der Waals surface area contributed by atoms with Crippen molar-refractivity contribution < 1.29 is 4.39 Å². The molecule has 22 heavy (non-hydrogen) atoms. The van der Waals surface area contributed by atoms with Gasteiger partial charge in [-0.15, -0.1) is 0 Å². The van der Waals surface area contributed by atoms with Crippen molar-refractivity contribution in [2.24, 2.45) is 0 Å². The first-order valence-electron chi connectivity index (χ1n) is 6.96. The monoisotopic (exact) mass is 358 g/mol. The smallest absolute Gasteiger partial charge is 0.144 e. The number of aryl methyl sites for hydroxylation is 1. The Balaban J connectivity index is 1.92. The van der Waals surface area contributed by atoms with Crippen LogP contribution in [0, 0.1) is 12.7 Å². The van der Waals surface area contributed by atoms with Gasteiger partial charge in [0, 0.05) is 23.3 Å². The summed E-state index contributed by atoms with van der Waals surface area (Å²) in [6.45, 7) is 2.72. The summed E-state index contributed by atoms with van der Waals surface area (Å²) in [6, 6.07) is 5.40. The van der Waals surface area contributed by atoms with Crippen molar-refractivity contribution >= 4 is 38.3 Å². The summed E-state index contributed by atoms with van der Waals surface area (Å²) in [5.74, 6) is 0.612. The van der Waals surface area contributed by atoms with E-state index in [1.165, 1.54) is 0 Å². The molecule has 0 fully saturated rings.